The largest absolute Gasteiger partial charge is 0.460 e. The lowest BCUT2D eigenvalue weighted by Gasteiger charge is -1.75. The minimum atomic E-state index is -0.442. The Kier molecular flexibility index (Phi) is 0.932. The van der Waals surface area contributed by atoms with E-state index < -0.39 is 5.91 Å². The average molecular weight is 116 g/mol. The Labute approximate surface area is 45.6 Å². The first-order chi connectivity index (χ1) is 3.72. The predicted octanol–water partition coefficient (Wildman–Crippen LogP) is -0.335. The topological polar surface area (TPSA) is 60.5 Å². The first-order valence-corrected chi connectivity index (χ1v) is 2.28. The number of amides is 1. The molecule has 0 atom stereocenters. The fourth-order valence-corrected chi connectivity index (χ4v) is 0.574. The fraction of sp³-hybridized carbons (Fsp3) is 0.500. The molecule has 0 aliphatic carbocycles. The van der Waals surface area contributed by atoms with E-state index in [0.717, 1.165) is 0 Å². The number of hydrogen-bond acceptors (Lipinski definition) is 2. The van der Waals surface area contributed by atoms with Crippen LogP contribution in [0.4, 0.5) is 0 Å². The summed E-state index contributed by atoms with van der Waals surface area (Å²) in [5.41, 5.74) is 0. The minimum absolute atomic E-state index is 0.211. The van der Waals surface area contributed by atoms with Gasteiger partial charge in [0.1, 0.15) is 0 Å². The second kappa shape index (κ2) is 1.47. The lowest BCUT2D eigenvalue weighted by atomic mass is 10.4. The Bertz CT molecular complexity index is 161. The van der Waals surface area contributed by atoms with E-state index in [2.05, 4.69) is 0 Å². The molecule has 0 saturated carbocycles. The van der Waals surface area contributed by atoms with Crippen LogP contribution in [0.3, 0.4) is 0 Å². The lowest BCUT2D eigenvalue weighted by molar-refractivity contribution is -0.706. The van der Waals surface area contributed by atoms with Crippen molar-refractivity contribution in [1.82, 2.24) is 0 Å². The van der Waals surface area contributed by atoms with Crippen molar-refractivity contribution in [2.24, 2.45) is 0 Å². The maximum atomic E-state index is 10.3. The molecule has 1 aliphatic heterocycles. The molecule has 1 aliphatic rings. The van der Waals surface area contributed by atoms with Gasteiger partial charge < -0.3 is 5.11 Å². The van der Waals surface area contributed by atoms with Crippen LogP contribution in [-0.4, -0.2) is 26.9 Å². The summed E-state index contributed by atoms with van der Waals surface area (Å²) >= 11 is 0. The van der Waals surface area contributed by atoms with Gasteiger partial charge in [-0.25, -0.2) is 4.79 Å². The predicted molar refractivity (Wildman–Crippen MR) is 23.9 cm³/mol. The van der Waals surface area contributed by atoms with Crippen LogP contribution in [-0.2, 0) is 4.79 Å². The van der Waals surface area contributed by atoms with Gasteiger partial charge in [-0.1, -0.05) is 0 Å². The molecule has 0 aromatic rings. The van der Waals surface area contributed by atoms with Crippen LogP contribution in [0.15, 0.2) is 0 Å². The normalized spacial score (nSPS) is 20.2. The number of carbonyl (C=O) groups excluding carboxylic acids is 1. The summed E-state index contributed by atoms with van der Waals surface area (Å²) in [4.78, 5) is 10.3. The van der Waals surface area contributed by atoms with Crippen molar-refractivity contribution in [1.29, 1.82) is 0 Å². The molecule has 0 aromatic heterocycles. The van der Waals surface area contributed by atoms with Crippen molar-refractivity contribution in [3.8, 4) is 0 Å². The highest BCUT2D eigenvalue weighted by Crippen LogP contribution is 2.00. The first kappa shape index (κ1) is 5.08. The number of nitrogens with zero attached hydrogens (tertiary/aromatic N) is 1. The number of carbonyl (C=O) groups is 1. The summed E-state index contributed by atoms with van der Waals surface area (Å²) in [5.74, 6) is -0.697. The molecule has 0 radical (unpaired) electrons. The van der Waals surface area contributed by atoms with Gasteiger partial charge in [0.2, 0.25) is 0 Å². The number of aliphatic hydroxyl groups excluding tert-OH is 1. The van der Waals surface area contributed by atoms with Gasteiger partial charge in [0.15, 0.2) is 0 Å². The van der Waals surface area contributed by atoms with E-state index in [1.165, 1.54) is 0 Å². The second-order valence-electron chi connectivity index (χ2n) is 1.62. The zero-order valence-electron chi connectivity index (χ0n) is 4.16. The fourth-order valence-electron chi connectivity index (χ4n) is 0.574. The highest BCUT2D eigenvalue weighted by Gasteiger charge is 2.31. The Hall–Kier alpha value is -1.06. The molecule has 0 spiro atoms. The smallest absolute Gasteiger partial charge is 0.438 e. The van der Waals surface area contributed by atoms with Gasteiger partial charge in [0.05, 0.1) is 17.6 Å². The molecule has 0 saturated heterocycles. The van der Waals surface area contributed by atoms with Crippen LogP contribution in [0.5, 0.6) is 0 Å². The highest BCUT2D eigenvalue weighted by molar-refractivity contribution is 5.85. The highest BCUT2D eigenvalue weighted by atomic mass is 16.5. The van der Waals surface area contributed by atoms with Crippen molar-refractivity contribution in [2.75, 3.05) is 0 Å². The number of hydrogen-bond donors (Lipinski definition) is 2. The van der Waals surface area contributed by atoms with Gasteiger partial charge in [0.25, 0.3) is 0 Å². The maximum Gasteiger partial charge on any atom is 0.438 e. The van der Waals surface area contributed by atoms with Crippen LogP contribution in [0, 0.1) is 0 Å². The van der Waals surface area contributed by atoms with E-state index in [0.29, 0.717) is 0 Å². The van der Waals surface area contributed by atoms with Crippen molar-refractivity contribution in [3.63, 3.8) is 0 Å². The lowest BCUT2D eigenvalue weighted by Crippen LogP contribution is -2.14. The summed E-state index contributed by atoms with van der Waals surface area (Å²) in [6.45, 7) is 0. The molecule has 0 fully saturated rings. The van der Waals surface area contributed by atoms with Crippen LogP contribution in [0.25, 0.3) is 0 Å². The Morgan fingerprint density at radius 3 is 2.25 bits per heavy atom. The number of rotatable bonds is 0. The molecule has 0 bridgehead atoms. The zero-order valence-corrected chi connectivity index (χ0v) is 4.16. The SMILES string of the molecule is O=C1CCC(O)=[N+]1O. The van der Waals surface area contributed by atoms with Crippen LogP contribution in [0.2, 0.25) is 0 Å². The monoisotopic (exact) mass is 116 g/mol. The molecule has 1 heterocycles. The number of hydroxylamine groups is 1. The van der Waals surface area contributed by atoms with Gasteiger partial charge in [-0.15, -0.1) is 0 Å². The Morgan fingerprint density at radius 2 is 2.12 bits per heavy atom. The van der Waals surface area contributed by atoms with Crippen LogP contribution in [0.1, 0.15) is 12.8 Å². The molecule has 0 unspecified atom stereocenters. The summed E-state index contributed by atoms with van der Waals surface area (Å²) in [6, 6.07) is 0. The van der Waals surface area contributed by atoms with E-state index in [-0.39, 0.29) is 23.5 Å². The third kappa shape index (κ3) is 0.538. The van der Waals surface area contributed by atoms with Crippen molar-refractivity contribution >= 4 is 11.8 Å². The van der Waals surface area contributed by atoms with Crippen molar-refractivity contribution in [3.05, 3.63) is 0 Å². The minimum Gasteiger partial charge on any atom is -0.460 e. The third-order valence-electron chi connectivity index (χ3n) is 1.04. The molecule has 1 rings (SSSR count). The summed E-state index contributed by atoms with van der Waals surface area (Å²) < 4.78 is 0.278. The molecule has 4 nitrogen and oxygen atoms in total. The van der Waals surface area contributed by atoms with Crippen molar-refractivity contribution < 1.29 is 19.8 Å². The quantitative estimate of drug-likeness (QED) is 0.258. The van der Waals surface area contributed by atoms with Crippen molar-refractivity contribution in [2.45, 2.75) is 12.8 Å². The maximum absolute atomic E-state index is 10.3. The molecule has 4 heteroatoms. The van der Waals surface area contributed by atoms with Crippen LogP contribution < -0.4 is 0 Å². The molecule has 0 aromatic carbocycles. The standard InChI is InChI=1S/C4H5NO3/c6-3-1-2-4(7)5(3)8/h8H,1-2H2/p+1. The van der Waals surface area contributed by atoms with Gasteiger partial charge in [-0.3, -0.25) is 5.21 Å². The van der Waals surface area contributed by atoms with E-state index >= 15 is 0 Å². The molecule has 8 heavy (non-hydrogen) atoms. The van der Waals surface area contributed by atoms with E-state index in [9.17, 15) is 4.79 Å². The summed E-state index contributed by atoms with van der Waals surface area (Å²) in [6.07, 6.45) is 0.470. The Balaban J connectivity index is 2.86. The average Bonchev–Trinajstić information content (AvgIpc) is 1.98. The van der Waals surface area contributed by atoms with Gasteiger partial charge in [-0.05, 0) is 0 Å². The van der Waals surface area contributed by atoms with Gasteiger partial charge in [-0.2, -0.15) is 0 Å². The van der Waals surface area contributed by atoms with E-state index in [4.69, 9.17) is 10.3 Å². The van der Waals surface area contributed by atoms with E-state index in [1.54, 1.807) is 0 Å². The third-order valence-corrected chi connectivity index (χ3v) is 1.04. The summed E-state index contributed by atoms with van der Waals surface area (Å²) in [5, 5.41) is 17.0. The molecular weight excluding hydrogens is 110 g/mol. The first-order valence-electron chi connectivity index (χ1n) is 2.28. The van der Waals surface area contributed by atoms with Gasteiger partial charge >= 0.3 is 11.8 Å². The molecule has 2 N–H and O–H groups in total. The molecular formula is C4H6NO3+. The number of aliphatic hydroxyl groups is 1. The summed E-state index contributed by atoms with van der Waals surface area (Å²) in [7, 11) is 0. The zero-order chi connectivity index (χ0) is 6.15. The van der Waals surface area contributed by atoms with Gasteiger partial charge in [0, 0.05) is 0 Å². The molecule has 44 valence electrons. The Morgan fingerprint density at radius 1 is 1.50 bits per heavy atom. The van der Waals surface area contributed by atoms with E-state index in [1.807, 2.05) is 0 Å². The second-order valence-corrected chi connectivity index (χ2v) is 1.62. The van der Waals surface area contributed by atoms with Crippen LogP contribution >= 0.6 is 0 Å². The molecule has 1 amide bonds.